The Balaban J connectivity index is 1.90. The van der Waals surface area contributed by atoms with Gasteiger partial charge in [0.25, 0.3) is 0 Å². The maximum Gasteiger partial charge on any atom is 0.0689 e. The van der Waals surface area contributed by atoms with Crippen LogP contribution in [0, 0.1) is 28.6 Å². The van der Waals surface area contributed by atoms with E-state index >= 15 is 0 Å². The molecule has 0 unspecified atom stereocenters. The lowest BCUT2D eigenvalue weighted by atomic mass is 9.67. The van der Waals surface area contributed by atoms with Gasteiger partial charge in [0.1, 0.15) is 0 Å². The summed E-state index contributed by atoms with van der Waals surface area (Å²) in [6.45, 7) is 4.63. The summed E-state index contributed by atoms with van der Waals surface area (Å²) >= 11 is 1.82. The number of nitrogens with zero attached hydrogens (tertiary/aromatic N) is 1. The van der Waals surface area contributed by atoms with Gasteiger partial charge in [-0.15, -0.1) is 11.3 Å². The molecular weight excluding hydrogens is 238 g/mol. The number of aryl methyl sites for hydroxylation is 1. The number of hydrogen-bond acceptors (Lipinski definition) is 2. The molecule has 1 heterocycles. The Morgan fingerprint density at radius 2 is 2.17 bits per heavy atom. The Morgan fingerprint density at radius 3 is 2.67 bits per heavy atom. The van der Waals surface area contributed by atoms with Gasteiger partial charge in [0.2, 0.25) is 0 Å². The molecule has 1 saturated carbocycles. The lowest BCUT2D eigenvalue weighted by Gasteiger charge is -2.36. The van der Waals surface area contributed by atoms with Crippen LogP contribution in [0.15, 0.2) is 17.5 Å². The first-order valence-corrected chi connectivity index (χ1v) is 7.97. The Labute approximate surface area is 115 Å². The molecule has 18 heavy (non-hydrogen) atoms. The second kappa shape index (κ2) is 5.89. The Hall–Kier alpha value is -0.810. The van der Waals surface area contributed by atoms with Crippen LogP contribution in [-0.4, -0.2) is 0 Å². The van der Waals surface area contributed by atoms with E-state index in [1.165, 1.54) is 17.7 Å². The second-order valence-corrected chi connectivity index (χ2v) is 7.09. The van der Waals surface area contributed by atoms with Gasteiger partial charge in [0, 0.05) is 4.88 Å². The van der Waals surface area contributed by atoms with Gasteiger partial charge in [0.15, 0.2) is 0 Å². The molecule has 2 heteroatoms. The highest BCUT2D eigenvalue weighted by Crippen LogP contribution is 2.44. The highest BCUT2D eigenvalue weighted by Gasteiger charge is 2.35. The molecule has 98 valence electrons. The average Bonchev–Trinajstić information content (AvgIpc) is 2.90. The van der Waals surface area contributed by atoms with Crippen molar-refractivity contribution >= 4 is 11.3 Å². The lowest BCUT2D eigenvalue weighted by molar-refractivity contribution is 0.166. The van der Waals surface area contributed by atoms with Crippen molar-refractivity contribution in [3.05, 3.63) is 22.4 Å². The van der Waals surface area contributed by atoms with Crippen LogP contribution in [0.3, 0.4) is 0 Å². The predicted octanol–water partition coefficient (Wildman–Crippen LogP) is 5.04. The molecule has 1 aliphatic carbocycles. The summed E-state index contributed by atoms with van der Waals surface area (Å²) in [5.74, 6) is 1.62. The molecule has 0 radical (unpaired) electrons. The number of nitriles is 1. The maximum atomic E-state index is 9.55. The molecule has 0 N–H and O–H groups in total. The van der Waals surface area contributed by atoms with Gasteiger partial charge in [0.05, 0.1) is 11.5 Å². The van der Waals surface area contributed by atoms with Crippen molar-refractivity contribution in [3.8, 4) is 6.07 Å². The fourth-order valence-corrected chi connectivity index (χ4v) is 3.80. The summed E-state index contributed by atoms with van der Waals surface area (Å²) in [5.41, 5.74) is -0.0324. The van der Waals surface area contributed by atoms with E-state index in [1.807, 2.05) is 11.3 Å². The van der Waals surface area contributed by atoms with E-state index in [2.05, 4.69) is 37.4 Å². The molecule has 0 amide bonds. The second-order valence-electron chi connectivity index (χ2n) is 6.05. The van der Waals surface area contributed by atoms with Crippen molar-refractivity contribution in [2.45, 2.75) is 52.4 Å². The molecule has 1 fully saturated rings. The van der Waals surface area contributed by atoms with Crippen molar-refractivity contribution in [1.82, 2.24) is 0 Å². The molecule has 0 bridgehead atoms. The van der Waals surface area contributed by atoms with Gasteiger partial charge in [-0.3, -0.25) is 0 Å². The van der Waals surface area contributed by atoms with Crippen LogP contribution in [0.2, 0.25) is 0 Å². The first-order valence-electron chi connectivity index (χ1n) is 7.09. The third-order valence-electron chi connectivity index (χ3n) is 4.60. The molecule has 0 aromatic carbocycles. The summed E-state index contributed by atoms with van der Waals surface area (Å²) in [5, 5.41) is 11.7. The molecule has 1 nitrogen and oxygen atoms in total. The van der Waals surface area contributed by atoms with E-state index in [-0.39, 0.29) is 5.41 Å². The van der Waals surface area contributed by atoms with Crippen molar-refractivity contribution in [1.29, 1.82) is 5.26 Å². The minimum atomic E-state index is -0.0324. The van der Waals surface area contributed by atoms with Crippen LogP contribution < -0.4 is 0 Å². The highest BCUT2D eigenvalue weighted by molar-refractivity contribution is 7.09. The SMILES string of the molecule is CC(C)C1CCC(C#N)(CCc2cccs2)CC1. The van der Waals surface area contributed by atoms with Gasteiger partial charge in [-0.1, -0.05) is 19.9 Å². The van der Waals surface area contributed by atoms with Gasteiger partial charge < -0.3 is 0 Å². The van der Waals surface area contributed by atoms with Crippen LogP contribution in [0.5, 0.6) is 0 Å². The standard InChI is InChI=1S/C16H23NS/c1-13(2)14-5-8-16(12-17,9-6-14)10-7-15-4-3-11-18-15/h3-4,11,13-14H,5-10H2,1-2H3. The van der Waals surface area contributed by atoms with Gasteiger partial charge in [-0.05, 0) is 61.8 Å². The number of rotatable bonds is 4. The van der Waals surface area contributed by atoms with E-state index in [0.717, 1.165) is 37.5 Å². The largest absolute Gasteiger partial charge is 0.198 e. The molecule has 0 spiro atoms. The quantitative estimate of drug-likeness (QED) is 0.745. The van der Waals surface area contributed by atoms with E-state index < -0.39 is 0 Å². The first kappa shape index (κ1) is 13.6. The minimum Gasteiger partial charge on any atom is -0.198 e. The Bertz CT molecular complexity index is 391. The molecule has 1 aliphatic rings. The fourth-order valence-electron chi connectivity index (χ4n) is 3.09. The summed E-state index contributed by atoms with van der Waals surface area (Å²) in [7, 11) is 0. The van der Waals surface area contributed by atoms with Crippen molar-refractivity contribution < 1.29 is 0 Å². The summed E-state index contributed by atoms with van der Waals surface area (Å²) in [6.07, 6.45) is 6.84. The molecule has 0 aliphatic heterocycles. The molecule has 1 aromatic rings. The third kappa shape index (κ3) is 3.14. The third-order valence-corrected chi connectivity index (χ3v) is 5.53. The minimum absolute atomic E-state index is 0.0324. The molecular formula is C16H23NS. The maximum absolute atomic E-state index is 9.55. The zero-order valence-electron chi connectivity index (χ0n) is 11.5. The van der Waals surface area contributed by atoms with Crippen molar-refractivity contribution in [3.63, 3.8) is 0 Å². The first-order chi connectivity index (χ1) is 8.65. The Kier molecular flexibility index (Phi) is 4.45. The van der Waals surface area contributed by atoms with Gasteiger partial charge >= 0.3 is 0 Å². The monoisotopic (exact) mass is 261 g/mol. The van der Waals surface area contributed by atoms with Crippen molar-refractivity contribution in [2.75, 3.05) is 0 Å². The molecule has 2 rings (SSSR count). The van der Waals surface area contributed by atoms with Crippen molar-refractivity contribution in [2.24, 2.45) is 17.3 Å². The zero-order valence-corrected chi connectivity index (χ0v) is 12.3. The van der Waals surface area contributed by atoms with E-state index in [9.17, 15) is 5.26 Å². The van der Waals surface area contributed by atoms with E-state index in [1.54, 1.807) is 0 Å². The smallest absolute Gasteiger partial charge is 0.0689 e. The molecule has 0 saturated heterocycles. The Morgan fingerprint density at radius 1 is 1.44 bits per heavy atom. The lowest BCUT2D eigenvalue weighted by Crippen LogP contribution is -2.28. The average molecular weight is 261 g/mol. The molecule has 0 atom stereocenters. The van der Waals surface area contributed by atoms with Crippen LogP contribution in [0.25, 0.3) is 0 Å². The van der Waals surface area contributed by atoms with Crippen LogP contribution in [0.1, 0.15) is 50.8 Å². The van der Waals surface area contributed by atoms with Crippen LogP contribution in [-0.2, 0) is 6.42 Å². The fraction of sp³-hybridized carbons (Fsp3) is 0.688. The van der Waals surface area contributed by atoms with E-state index in [4.69, 9.17) is 0 Å². The van der Waals surface area contributed by atoms with E-state index in [0.29, 0.717) is 0 Å². The number of thiophene rings is 1. The topological polar surface area (TPSA) is 23.8 Å². The zero-order chi connectivity index (χ0) is 13.0. The highest BCUT2D eigenvalue weighted by atomic mass is 32.1. The van der Waals surface area contributed by atoms with Crippen LogP contribution in [0.4, 0.5) is 0 Å². The normalized spacial score (nSPS) is 28.2. The summed E-state index contributed by atoms with van der Waals surface area (Å²) in [4.78, 5) is 1.43. The van der Waals surface area contributed by atoms with Gasteiger partial charge in [-0.2, -0.15) is 5.26 Å². The molecule has 1 aromatic heterocycles. The van der Waals surface area contributed by atoms with Crippen LogP contribution >= 0.6 is 11.3 Å². The number of hydrogen-bond donors (Lipinski definition) is 0. The van der Waals surface area contributed by atoms with Gasteiger partial charge in [-0.25, -0.2) is 0 Å². The summed E-state index contributed by atoms with van der Waals surface area (Å²) in [6, 6.07) is 6.94. The predicted molar refractivity (Wildman–Crippen MR) is 77.5 cm³/mol. The summed E-state index contributed by atoms with van der Waals surface area (Å²) < 4.78 is 0.